The number of aryl methyl sites for hydroxylation is 2. The van der Waals surface area contributed by atoms with Crippen LogP contribution in [-0.4, -0.2) is 16.5 Å². The van der Waals surface area contributed by atoms with Gasteiger partial charge in [0.1, 0.15) is 0 Å². The van der Waals surface area contributed by atoms with Crippen LogP contribution in [0.25, 0.3) is 21.8 Å². The zero-order valence-corrected chi connectivity index (χ0v) is 24.0. The molecular weight excluding hydrogens is 538 g/mol. The van der Waals surface area contributed by atoms with Gasteiger partial charge in [-0.1, -0.05) is 95.8 Å². The van der Waals surface area contributed by atoms with Crippen LogP contribution in [0.4, 0.5) is 0 Å². The number of aromatic amines is 2. The molecule has 6 rings (SSSR count). The molecule has 0 atom stereocenters. The number of nitrogens with two attached hydrogens (primary N) is 1. The third-order valence-corrected chi connectivity index (χ3v) is 9.85. The molecule has 0 aliphatic rings. The number of aromatic nitrogens is 2. The Hall–Kier alpha value is -3.09. The molecular formula is C33H29ClN3S2. The molecule has 3 nitrogen and oxygen atoms in total. The topological polar surface area (TPSA) is 57.6 Å². The van der Waals surface area contributed by atoms with E-state index < -0.39 is 0 Å². The third-order valence-electron chi connectivity index (χ3n) is 7.07. The highest BCUT2D eigenvalue weighted by Gasteiger charge is 2.19. The van der Waals surface area contributed by atoms with Gasteiger partial charge in [-0.05, 0) is 61.2 Å². The monoisotopic (exact) mass is 566 g/mol. The van der Waals surface area contributed by atoms with Gasteiger partial charge in [0.2, 0.25) is 0 Å². The second kappa shape index (κ2) is 11.6. The molecule has 0 bridgehead atoms. The van der Waals surface area contributed by atoms with Gasteiger partial charge in [-0.2, -0.15) is 0 Å². The molecule has 6 heteroatoms. The Bertz CT molecular complexity index is 1750. The van der Waals surface area contributed by atoms with E-state index in [4.69, 9.17) is 17.3 Å². The van der Waals surface area contributed by atoms with E-state index in [9.17, 15) is 0 Å². The molecule has 0 aliphatic carbocycles. The van der Waals surface area contributed by atoms with E-state index in [-0.39, 0.29) is 0 Å². The summed E-state index contributed by atoms with van der Waals surface area (Å²) in [5.74, 6) is 1.27. The lowest BCUT2D eigenvalue weighted by Gasteiger charge is -2.19. The molecule has 4 aromatic carbocycles. The van der Waals surface area contributed by atoms with E-state index in [1.807, 2.05) is 23.9 Å². The fourth-order valence-electron chi connectivity index (χ4n) is 5.09. The Kier molecular flexibility index (Phi) is 7.76. The second-order valence-corrected chi connectivity index (χ2v) is 12.1. The zero-order chi connectivity index (χ0) is 26.8. The predicted octanol–water partition coefficient (Wildman–Crippen LogP) is 9.43. The van der Waals surface area contributed by atoms with Gasteiger partial charge in [-0.15, -0.1) is 0 Å². The van der Waals surface area contributed by atoms with E-state index in [0.717, 1.165) is 33.7 Å². The maximum atomic E-state index is 6.55. The molecule has 39 heavy (non-hydrogen) atoms. The maximum Gasteiger partial charge on any atom is 0.0511 e. The smallest absolute Gasteiger partial charge is 0.0511 e. The summed E-state index contributed by atoms with van der Waals surface area (Å²) in [6.45, 7) is 2.67. The van der Waals surface area contributed by atoms with Gasteiger partial charge in [-0.25, -0.2) is 0 Å². The van der Waals surface area contributed by atoms with Crippen LogP contribution in [0, 0.1) is 12.8 Å². The average Bonchev–Trinajstić information content (AvgIpc) is 3.51. The Morgan fingerprint density at radius 1 is 0.795 bits per heavy atom. The second-order valence-electron chi connectivity index (χ2n) is 9.56. The van der Waals surface area contributed by atoms with Crippen molar-refractivity contribution in [1.29, 1.82) is 0 Å². The van der Waals surface area contributed by atoms with Gasteiger partial charge < -0.3 is 15.7 Å². The lowest BCUT2D eigenvalue weighted by Crippen LogP contribution is -2.15. The van der Waals surface area contributed by atoms with Crippen molar-refractivity contribution in [2.75, 3.05) is 6.54 Å². The summed E-state index contributed by atoms with van der Waals surface area (Å²) in [6, 6.07) is 31.8. The van der Waals surface area contributed by atoms with Crippen LogP contribution in [0.5, 0.6) is 0 Å². The first kappa shape index (κ1) is 26.1. The summed E-state index contributed by atoms with van der Waals surface area (Å²) in [6.07, 6.45) is 3.86. The summed E-state index contributed by atoms with van der Waals surface area (Å²) < 4.78 is 0. The molecule has 0 saturated carbocycles. The minimum Gasteiger partial charge on any atom is -0.360 e. The fourth-order valence-corrected chi connectivity index (χ4v) is 7.73. The van der Waals surface area contributed by atoms with Gasteiger partial charge in [0, 0.05) is 65.7 Å². The molecule has 1 radical (unpaired) electrons. The quantitative estimate of drug-likeness (QED) is 0.163. The predicted molar refractivity (Wildman–Crippen MR) is 167 cm³/mol. The summed E-state index contributed by atoms with van der Waals surface area (Å²) in [5.41, 5.74) is 12.3. The number of hydrogen-bond acceptors (Lipinski definition) is 3. The molecule has 0 fully saturated rings. The maximum absolute atomic E-state index is 6.55. The fraction of sp³-hybridized carbons (Fsp3) is 0.121. The first-order chi connectivity index (χ1) is 19.1. The molecule has 0 amide bonds. The van der Waals surface area contributed by atoms with Gasteiger partial charge in [-0.3, -0.25) is 0 Å². The van der Waals surface area contributed by atoms with Crippen molar-refractivity contribution in [2.24, 2.45) is 5.73 Å². The van der Waals surface area contributed by atoms with E-state index in [1.54, 1.807) is 11.8 Å². The van der Waals surface area contributed by atoms with Crippen LogP contribution >= 0.6 is 35.1 Å². The van der Waals surface area contributed by atoms with E-state index in [0.29, 0.717) is 6.54 Å². The van der Waals surface area contributed by atoms with Crippen LogP contribution in [0.3, 0.4) is 0 Å². The van der Waals surface area contributed by atoms with E-state index in [1.165, 1.54) is 48.3 Å². The number of fused-ring (bicyclic) bond motifs is 2. The van der Waals surface area contributed by atoms with Crippen LogP contribution in [-0.2, 0) is 6.42 Å². The van der Waals surface area contributed by atoms with E-state index >= 15 is 0 Å². The first-order valence-electron chi connectivity index (χ1n) is 13.0. The SMILES string of the molecule is Cc1[nH]c2ccccc2c1Sc1ccccc1[C](CN)CCc1ccccc1Sc1c[nH]c2cccc(Cl)c12. The Morgan fingerprint density at radius 2 is 1.54 bits per heavy atom. The van der Waals surface area contributed by atoms with Crippen molar-refractivity contribution in [3.63, 3.8) is 0 Å². The molecule has 0 aliphatic heterocycles. The highest BCUT2D eigenvalue weighted by Crippen LogP contribution is 2.41. The molecule has 2 heterocycles. The highest BCUT2D eigenvalue weighted by atomic mass is 35.5. The van der Waals surface area contributed by atoms with Gasteiger partial charge in [0.25, 0.3) is 0 Å². The first-order valence-corrected chi connectivity index (χ1v) is 15.0. The zero-order valence-electron chi connectivity index (χ0n) is 21.6. The number of rotatable bonds is 9. The molecule has 6 aromatic rings. The lowest BCUT2D eigenvalue weighted by molar-refractivity contribution is 0.792. The van der Waals surface area contributed by atoms with Crippen molar-refractivity contribution in [2.45, 2.75) is 39.3 Å². The highest BCUT2D eigenvalue weighted by molar-refractivity contribution is 8.00. The molecule has 195 valence electrons. The van der Waals surface area contributed by atoms with Crippen molar-refractivity contribution < 1.29 is 0 Å². The minimum atomic E-state index is 0.526. The Balaban J connectivity index is 1.24. The standard InChI is InChI=1S/C33H29ClN3S2/c1-21-33(25-11-3-5-13-27(25)37-21)39-30-16-7-4-10-24(30)23(19-35)18-17-22-9-2-6-15-29(22)38-31-20-36-28-14-8-12-26(34)32(28)31/h2-16,20,36-37H,17-19,35H2,1H3. The number of para-hydroxylation sites is 1. The normalized spacial score (nSPS) is 11.7. The lowest BCUT2D eigenvalue weighted by atomic mass is 9.92. The van der Waals surface area contributed by atoms with E-state index in [2.05, 4.69) is 102 Å². The summed E-state index contributed by atoms with van der Waals surface area (Å²) in [5, 5.41) is 3.10. The number of halogens is 1. The molecule has 4 N–H and O–H groups in total. The molecule has 2 aromatic heterocycles. The minimum absolute atomic E-state index is 0.526. The number of benzene rings is 4. The van der Waals surface area contributed by atoms with Crippen LogP contribution in [0.15, 0.2) is 117 Å². The van der Waals surface area contributed by atoms with Gasteiger partial charge >= 0.3 is 0 Å². The number of nitrogens with one attached hydrogen (secondary N) is 2. The summed E-state index contributed by atoms with van der Waals surface area (Å²) in [7, 11) is 0. The molecule has 0 unspecified atom stereocenters. The van der Waals surface area contributed by atoms with Crippen LogP contribution in [0.1, 0.15) is 23.2 Å². The molecule has 0 saturated heterocycles. The Labute approximate surface area is 242 Å². The van der Waals surface area contributed by atoms with Crippen molar-refractivity contribution in [3.05, 3.63) is 125 Å². The van der Waals surface area contributed by atoms with Crippen LogP contribution < -0.4 is 5.73 Å². The summed E-state index contributed by atoms with van der Waals surface area (Å²) >= 11 is 10.1. The van der Waals surface area contributed by atoms with Crippen LogP contribution in [0.2, 0.25) is 5.02 Å². The largest absolute Gasteiger partial charge is 0.360 e. The summed E-state index contributed by atoms with van der Waals surface area (Å²) in [4.78, 5) is 11.8. The van der Waals surface area contributed by atoms with Crippen molar-refractivity contribution >= 4 is 56.9 Å². The van der Waals surface area contributed by atoms with Crippen molar-refractivity contribution in [3.8, 4) is 0 Å². The average molecular weight is 567 g/mol. The number of hydrogen-bond donors (Lipinski definition) is 3. The number of H-pyrrole nitrogens is 2. The van der Waals surface area contributed by atoms with Gasteiger partial charge in [0.15, 0.2) is 0 Å². The van der Waals surface area contributed by atoms with Gasteiger partial charge in [0.05, 0.1) is 5.02 Å². The van der Waals surface area contributed by atoms with Crippen molar-refractivity contribution in [1.82, 2.24) is 9.97 Å². The molecule has 0 spiro atoms. The third kappa shape index (κ3) is 5.37. The Morgan fingerprint density at radius 3 is 2.41 bits per heavy atom.